The molecule has 1 aromatic carbocycles. The number of carboxylic acid groups (broad SMARTS) is 1. The molecule has 0 aliphatic carbocycles. The number of benzene rings is 1. The normalized spacial score (nSPS) is 18.9. The van der Waals surface area contributed by atoms with Crippen LogP contribution in [-0.2, 0) is 34.7 Å². The van der Waals surface area contributed by atoms with E-state index in [2.05, 4.69) is 10.3 Å². The van der Waals surface area contributed by atoms with E-state index in [1.807, 2.05) is 18.7 Å². The number of pyridine rings is 1. The van der Waals surface area contributed by atoms with Gasteiger partial charge in [0, 0.05) is 50.0 Å². The van der Waals surface area contributed by atoms with Gasteiger partial charge in [-0.3, -0.25) is 0 Å². The predicted molar refractivity (Wildman–Crippen MR) is 152 cm³/mol. The Hall–Kier alpha value is -4.35. The number of anilines is 4. The molecule has 0 saturated carbocycles. The van der Waals surface area contributed by atoms with Crippen molar-refractivity contribution in [1.29, 1.82) is 0 Å². The Balaban J connectivity index is 0.000000644. The number of hydrogen-bond donors (Lipinski definition) is 2. The zero-order chi connectivity index (χ0) is 34.7. The van der Waals surface area contributed by atoms with Crippen LogP contribution in [0.15, 0.2) is 42.6 Å². The van der Waals surface area contributed by atoms with E-state index in [9.17, 15) is 39.5 Å². The van der Waals surface area contributed by atoms with Gasteiger partial charge in [-0.2, -0.15) is 44.5 Å². The van der Waals surface area contributed by atoms with Crippen molar-refractivity contribution in [2.24, 2.45) is 0 Å². The van der Waals surface area contributed by atoms with E-state index in [4.69, 9.17) is 24.6 Å². The molecule has 0 amide bonds. The zero-order valence-corrected chi connectivity index (χ0v) is 24.8. The highest BCUT2D eigenvalue weighted by atomic mass is 19.4. The second-order valence-electron chi connectivity index (χ2n) is 10.8. The number of carboxylic acids is 1. The molecule has 1 fully saturated rings. The molecule has 2 unspecified atom stereocenters. The van der Waals surface area contributed by atoms with Crippen LogP contribution in [0.4, 0.5) is 62.8 Å². The maximum atomic E-state index is 13.7. The quantitative estimate of drug-likeness (QED) is 0.299. The summed E-state index contributed by atoms with van der Waals surface area (Å²) >= 11 is 0. The SMILES string of the molecule is CC1CN(c2nc3c(c(Nc4ccc(C(F)(F)F)cc4)n2)CCN(c2ncccc2C(F)(F)F)CC3)CC(C)O1.O=C(O)C(F)(F)F. The fourth-order valence-corrected chi connectivity index (χ4v) is 5.13. The van der Waals surface area contributed by atoms with Crippen molar-refractivity contribution in [3.8, 4) is 0 Å². The van der Waals surface area contributed by atoms with Crippen molar-refractivity contribution >= 4 is 29.2 Å². The standard InChI is InChI=1S/C27H28F6N6O.C2HF3O2/c1-16-14-39(15-17(2)40-16)25-36-22-10-13-38(24-21(27(31,32)33)4-3-11-34-24)12-9-20(22)23(37-25)35-19-7-5-18(6-8-19)26(28,29)30;3-2(4,5)1(6)7/h3-8,11,16-17H,9-10,12-15H2,1-2H3,(H,35,36,37);(H,6,7). The van der Waals surface area contributed by atoms with Crippen molar-refractivity contribution in [3.05, 3.63) is 65.0 Å². The van der Waals surface area contributed by atoms with E-state index in [1.165, 1.54) is 24.4 Å². The summed E-state index contributed by atoms with van der Waals surface area (Å²) in [7, 11) is 0. The van der Waals surface area contributed by atoms with Gasteiger partial charge in [0.1, 0.15) is 11.6 Å². The van der Waals surface area contributed by atoms with Gasteiger partial charge in [-0.1, -0.05) is 0 Å². The first-order chi connectivity index (χ1) is 21.8. The lowest BCUT2D eigenvalue weighted by molar-refractivity contribution is -0.192. The van der Waals surface area contributed by atoms with Crippen LogP contribution >= 0.6 is 0 Å². The zero-order valence-electron chi connectivity index (χ0n) is 24.8. The lowest BCUT2D eigenvalue weighted by Crippen LogP contribution is -2.46. The molecule has 0 spiro atoms. The Bertz CT molecular complexity index is 1540. The number of nitrogens with one attached hydrogen (secondary N) is 1. The molecule has 18 heteroatoms. The Kier molecular flexibility index (Phi) is 10.4. The number of rotatable bonds is 4. The number of ether oxygens (including phenoxy) is 1. The Labute approximate surface area is 262 Å². The second kappa shape index (κ2) is 13.8. The van der Waals surface area contributed by atoms with Gasteiger partial charge in [0.05, 0.1) is 29.0 Å². The van der Waals surface area contributed by atoms with E-state index < -0.39 is 35.6 Å². The summed E-state index contributed by atoms with van der Waals surface area (Å²) in [6.45, 7) is 5.44. The second-order valence-corrected chi connectivity index (χ2v) is 10.8. The predicted octanol–water partition coefficient (Wildman–Crippen LogP) is 6.50. The minimum atomic E-state index is -5.08. The molecule has 9 nitrogen and oxygen atoms in total. The van der Waals surface area contributed by atoms with Crippen LogP contribution in [0.1, 0.15) is 36.2 Å². The number of nitrogens with zero attached hydrogens (tertiary/aromatic N) is 5. The van der Waals surface area contributed by atoms with Crippen molar-refractivity contribution in [2.45, 2.75) is 57.4 Å². The first-order valence-corrected chi connectivity index (χ1v) is 14.1. The van der Waals surface area contributed by atoms with Gasteiger partial charge >= 0.3 is 24.5 Å². The van der Waals surface area contributed by atoms with Crippen LogP contribution in [0.5, 0.6) is 0 Å². The summed E-state index contributed by atoms with van der Waals surface area (Å²) in [5.41, 5.74) is 0.173. The molecule has 3 aromatic rings. The summed E-state index contributed by atoms with van der Waals surface area (Å²) in [5.74, 6) is -2.07. The van der Waals surface area contributed by atoms with Gasteiger partial charge in [0.15, 0.2) is 0 Å². The molecule has 2 N–H and O–H groups in total. The van der Waals surface area contributed by atoms with Crippen LogP contribution in [0.25, 0.3) is 0 Å². The number of alkyl halides is 9. The van der Waals surface area contributed by atoms with Gasteiger partial charge < -0.3 is 25.0 Å². The number of fused-ring (bicyclic) bond motifs is 1. The molecule has 2 aliphatic rings. The third-order valence-corrected chi connectivity index (χ3v) is 7.14. The van der Waals surface area contributed by atoms with Crippen molar-refractivity contribution in [3.63, 3.8) is 0 Å². The fourth-order valence-electron chi connectivity index (χ4n) is 5.13. The minimum Gasteiger partial charge on any atom is -0.475 e. The summed E-state index contributed by atoms with van der Waals surface area (Å²) in [5, 5.41) is 10.3. The molecule has 2 atom stereocenters. The number of aliphatic carboxylic acids is 1. The van der Waals surface area contributed by atoms with Gasteiger partial charge in [0.2, 0.25) is 5.95 Å². The molecule has 256 valence electrons. The first-order valence-electron chi connectivity index (χ1n) is 14.1. The molecule has 0 radical (unpaired) electrons. The summed E-state index contributed by atoms with van der Waals surface area (Å²) in [6.07, 6.45) is -12.3. The maximum absolute atomic E-state index is 13.7. The Morgan fingerprint density at radius 1 is 0.872 bits per heavy atom. The molecule has 5 rings (SSSR count). The van der Waals surface area contributed by atoms with E-state index in [0.717, 1.165) is 18.2 Å². The topological polar surface area (TPSA) is 104 Å². The van der Waals surface area contributed by atoms with Gasteiger partial charge in [-0.05, 0) is 56.7 Å². The number of carbonyl (C=O) groups is 1. The Morgan fingerprint density at radius 2 is 1.47 bits per heavy atom. The molecule has 0 bridgehead atoms. The molecule has 2 aliphatic heterocycles. The smallest absolute Gasteiger partial charge is 0.475 e. The van der Waals surface area contributed by atoms with Crippen LogP contribution in [0.3, 0.4) is 0 Å². The number of aromatic nitrogens is 3. The molecule has 4 heterocycles. The van der Waals surface area contributed by atoms with Crippen LogP contribution < -0.4 is 15.1 Å². The number of morpholine rings is 1. The lowest BCUT2D eigenvalue weighted by Gasteiger charge is -2.35. The van der Waals surface area contributed by atoms with Gasteiger partial charge in [-0.25, -0.2) is 14.8 Å². The molecular formula is C29H29F9N6O3. The molecule has 1 saturated heterocycles. The van der Waals surface area contributed by atoms with Crippen LogP contribution in [0, 0.1) is 0 Å². The molecule has 2 aromatic heterocycles. The van der Waals surface area contributed by atoms with Gasteiger partial charge in [-0.15, -0.1) is 0 Å². The average Bonchev–Trinajstić information content (AvgIpc) is 3.19. The third kappa shape index (κ3) is 9.14. The summed E-state index contributed by atoms with van der Waals surface area (Å²) < 4.78 is 118. The molecule has 47 heavy (non-hydrogen) atoms. The average molecular weight is 681 g/mol. The number of halogens is 9. The Morgan fingerprint density at radius 3 is 2.02 bits per heavy atom. The van der Waals surface area contributed by atoms with E-state index in [-0.39, 0.29) is 31.1 Å². The first kappa shape index (κ1) is 35.5. The third-order valence-electron chi connectivity index (χ3n) is 7.14. The van der Waals surface area contributed by atoms with Crippen LogP contribution in [-0.4, -0.2) is 70.6 Å². The monoisotopic (exact) mass is 680 g/mol. The lowest BCUT2D eigenvalue weighted by atomic mass is 10.1. The largest absolute Gasteiger partial charge is 0.490 e. The fraction of sp³-hybridized carbons (Fsp3) is 0.448. The van der Waals surface area contributed by atoms with Crippen LogP contribution in [0.2, 0.25) is 0 Å². The highest BCUT2D eigenvalue weighted by Gasteiger charge is 2.38. The van der Waals surface area contributed by atoms with E-state index >= 15 is 0 Å². The highest BCUT2D eigenvalue weighted by molar-refractivity contribution is 5.73. The van der Waals surface area contributed by atoms with E-state index in [1.54, 1.807) is 4.90 Å². The van der Waals surface area contributed by atoms with Crippen molar-refractivity contribution in [2.75, 3.05) is 41.3 Å². The van der Waals surface area contributed by atoms with Crippen molar-refractivity contribution in [1.82, 2.24) is 15.0 Å². The summed E-state index contributed by atoms with van der Waals surface area (Å²) in [4.78, 5) is 26.1. The molecular weight excluding hydrogens is 651 g/mol. The highest BCUT2D eigenvalue weighted by Crippen LogP contribution is 2.37. The van der Waals surface area contributed by atoms with E-state index in [0.29, 0.717) is 54.6 Å². The summed E-state index contributed by atoms with van der Waals surface area (Å²) in [6, 6.07) is 6.88. The maximum Gasteiger partial charge on any atom is 0.490 e. The van der Waals surface area contributed by atoms with Gasteiger partial charge in [0.25, 0.3) is 0 Å². The number of hydrogen-bond acceptors (Lipinski definition) is 8. The minimum absolute atomic E-state index is 0.0714. The van der Waals surface area contributed by atoms with Crippen molar-refractivity contribution < 1.29 is 54.2 Å².